The van der Waals surface area contributed by atoms with Crippen LogP contribution in [-0.4, -0.2) is 39.1 Å². The molecule has 0 spiro atoms. The van der Waals surface area contributed by atoms with Gasteiger partial charge in [0, 0.05) is 25.0 Å². The van der Waals surface area contributed by atoms with E-state index in [9.17, 15) is 18.8 Å². The molecule has 12 heteroatoms. The Bertz CT molecular complexity index is 1130. The summed E-state index contributed by atoms with van der Waals surface area (Å²) >= 11 is 7.05. The van der Waals surface area contributed by atoms with Crippen molar-refractivity contribution in [2.75, 3.05) is 12.4 Å². The van der Waals surface area contributed by atoms with Crippen LogP contribution in [0.15, 0.2) is 40.5 Å². The topological polar surface area (TPSA) is 120 Å². The molecule has 0 aliphatic rings. The first kappa shape index (κ1) is 21.4. The van der Waals surface area contributed by atoms with Crippen molar-refractivity contribution in [3.8, 4) is 0 Å². The smallest absolute Gasteiger partial charge is 0.321 e. The highest BCUT2D eigenvalue weighted by Crippen LogP contribution is 2.18. The third kappa shape index (κ3) is 5.61. The van der Waals surface area contributed by atoms with Gasteiger partial charge in [0.2, 0.25) is 0 Å². The number of thiazole rings is 1. The number of H-pyrrole nitrogens is 1. The number of aromatic nitrogens is 3. The largest absolute Gasteiger partial charge is 0.336 e. The van der Waals surface area contributed by atoms with Crippen LogP contribution in [0.1, 0.15) is 21.6 Å². The zero-order valence-corrected chi connectivity index (χ0v) is 17.2. The maximum Gasteiger partial charge on any atom is 0.321 e. The predicted octanol–water partition coefficient (Wildman–Crippen LogP) is 2.61. The van der Waals surface area contributed by atoms with E-state index in [1.807, 2.05) is 0 Å². The van der Waals surface area contributed by atoms with E-state index in [0.717, 1.165) is 6.07 Å². The second-order valence-electron chi connectivity index (χ2n) is 6.18. The molecule has 156 valence electrons. The molecular formula is C18H16ClFN6O3S. The van der Waals surface area contributed by atoms with Gasteiger partial charge in [-0.2, -0.15) is 5.10 Å². The van der Waals surface area contributed by atoms with Gasteiger partial charge in [-0.3, -0.25) is 14.9 Å². The monoisotopic (exact) mass is 450 g/mol. The number of hydrogen-bond donors (Lipinski definition) is 3. The molecule has 30 heavy (non-hydrogen) atoms. The molecule has 3 amide bonds. The summed E-state index contributed by atoms with van der Waals surface area (Å²) in [6.07, 6.45) is 0. The van der Waals surface area contributed by atoms with E-state index in [-0.39, 0.29) is 29.6 Å². The fourth-order valence-corrected chi connectivity index (χ4v) is 3.34. The molecule has 0 bridgehead atoms. The van der Waals surface area contributed by atoms with Crippen molar-refractivity contribution in [1.82, 2.24) is 25.4 Å². The molecule has 0 saturated heterocycles. The Balaban J connectivity index is 1.55. The molecule has 0 fully saturated rings. The first-order chi connectivity index (χ1) is 14.3. The summed E-state index contributed by atoms with van der Waals surface area (Å²) in [5.41, 5.74) is 0.594. The van der Waals surface area contributed by atoms with E-state index in [2.05, 4.69) is 25.8 Å². The minimum absolute atomic E-state index is 0.0202. The molecule has 1 aromatic carbocycles. The van der Waals surface area contributed by atoms with Crippen LogP contribution < -0.4 is 16.2 Å². The molecule has 3 rings (SSSR count). The zero-order valence-electron chi connectivity index (χ0n) is 15.6. The number of halogens is 2. The predicted molar refractivity (Wildman–Crippen MR) is 110 cm³/mol. The summed E-state index contributed by atoms with van der Waals surface area (Å²) in [6, 6.07) is 6.49. The van der Waals surface area contributed by atoms with Gasteiger partial charge in [-0.15, -0.1) is 11.3 Å². The maximum atomic E-state index is 13.2. The maximum absolute atomic E-state index is 13.2. The van der Waals surface area contributed by atoms with E-state index < -0.39 is 17.5 Å². The van der Waals surface area contributed by atoms with Gasteiger partial charge in [0.15, 0.2) is 10.3 Å². The van der Waals surface area contributed by atoms with Gasteiger partial charge in [0.1, 0.15) is 5.82 Å². The van der Waals surface area contributed by atoms with Gasteiger partial charge in [0.25, 0.3) is 11.5 Å². The number of rotatable bonds is 6. The number of nitrogens with one attached hydrogen (secondary N) is 3. The van der Waals surface area contributed by atoms with Gasteiger partial charge >= 0.3 is 6.03 Å². The molecule has 3 N–H and O–H groups in total. The second kappa shape index (κ2) is 9.46. The minimum atomic E-state index is -0.541. The average Bonchev–Trinajstić information content (AvgIpc) is 3.14. The van der Waals surface area contributed by atoms with Crippen molar-refractivity contribution in [3.05, 3.63) is 73.9 Å². The number of anilines is 1. The molecule has 0 unspecified atom stereocenters. The highest BCUT2D eigenvalue weighted by atomic mass is 35.5. The number of nitrogens with zero attached hydrogens (tertiary/aromatic N) is 3. The van der Waals surface area contributed by atoms with Crippen LogP contribution in [0.25, 0.3) is 0 Å². The lowest BCUT2D eigenvalue weighted by Gasteiger charge is -2.16. The van der Waals surface area contributed by atoms with Gasteiger partial charge in [-0.05, 0) is 17.7 Å². The van der Waals surface area contributed by atoms with Crippen LogP contribution >= 0.6 is 22.9 Å². The molecule has 0 saturated carbocycles. The Labute approximate surface area is 178 Å². The Morgan fingerprint density at radius 3 is 2.90 bits per heavy atom. The molecule has 0 aliphatic heterocycles. The van der Waals surface area contributed by atoms with Crippen LogP contribution in [0.2, 0.25) is 5.15 Å². The lowest BCUT2D eigenvalue weighted by Crippen LogP contribution is -2.29. The van der Waals surface area contributed by atoms with E-state index in [1.165, 1.54) is 35.4 Å². The van der Waals surface area contributed by atoms with Crippen LogP contribution in [0.3, 0.4) is 0 Å². The van der Waals surface area contributed by atoms with Crippen molar-refractivity contribution in [1.29, 1.82) is 0 Å². The summed E-state index contributed by atoms with van der Waals surface area (Å²) in [5.74, 6) is -0.871. The second-order valence-corrected chi connectivity index (χ2v) is 7.40. The summed E-state index contributed by atoms with van der Waals surface area (Å²) in [5, 5.41) is 12.8. The Kier molecular flexibility index (Phi) is 6.75. The Morgan fingerprint density at radius 1 is 1.33 bits per heavy atom. The van der Waals surface area contributed by atoms with E-state index in [0.29, 0.717) is 16.4 Å². The van der Waals surface area contributed by atoms with E-state index >= 15 is 0 Å². The molecule has 0 radical (unpaired) electrons. The fourth-order valence-electron chi connectivity index (χ4n) is 2.47. The van der Waals surface area contributed by atoms with E-state index in [4.69, 9.17) is 11.6 Å². The highest BCUT2D eigenvalue weighted by molar-refractivity contribution is 7.13. The average molecular weight is 451 g/mol. The van der Waals surface area contributed by atoms with Gasteiger partial charge in [0.05, 0.1) is 17.8 Å². The van der Waals surface area contributed by atoms with Crippen LogP contribution in [0, 0.1) is 5.82 Å². The van der Waals surface area contributed by atoms with Crippen LogP contribution in [0.5, 0.6) is 0 Å². The van der Waals surface area contributed by atoms with Crippen molar-refractivity contribution >= 4 is 40.0 Å². The third-order valence-electron chi connectivity index (χ3n) is 3.85. The van der Waals surface area contributed by atoms with Gasteiger partial charge in [-0.1, -0.05) is 23.7 Å². The number of hydrogen-bond acceptors (Lipinski definition) is 6. The Hall–Kier alpha value is -3.31. The lowest BCUT2D eigenvalue weighted by atomic mass is 10.2. The minimum Gasteiger partial charge on any atom is -0.336 e. The molecule has 0 aliphatic carbocycles. The molecular weight excluding hydrogens is 435 g/mol. The SMILES string of the molecule is CN(Cc1csc(NC(=O)NCc2cccc(F)c2)n1)C(=O)c1cc(=O)[nH]nc1Cl. The quantitative estimate of drug-likeness (QED) is 0.533. The first-order valence-corrected chi connectivity index (χ1v) is 9.82. The number of benzene rings is 1. The number of amides is 3. The van der Waals surface area contributed by atoms with Crippen molar-refractivity contribution < 1.29 is 14.0 Å². The van der Waals surface area contributed by atoms with E-state index in [1.54, 1.807) is 17.5 Å². The standard InChI is InChI=1S/C18H16ClFN6O3S/c1-26(16(28)13-6-14(27)24-25-15(13)19)8-12-9-30-18(22-12)23-17(29)21-7-10-3-2-4-11(20)5-10/h2-6,9H,7-8H2,1H3,(H,24,27)(H2,21,22,23,29). The summed E-state index contributed by atoms with van der Waals surface area (Å²) in [4.78, 5) is 41.4. The molecule has 2 heterocycles. The first-order valence-electron chi connectivity index (χ1n) is 8.56. The zero-order chi connectivity index (χ0) is 21.7. The number of aromatic amines is 1. The molecule has 0 atom stereocenters. The molecule has 3 aromatic rings. The van der Waals surface area contributed by atoms with Crippen LogP contribution in [0.4, 0.5) is 14.3 Å². The van der Waals surface area contributed by atoms with Crippen molar-refractivity contribution in [2.24, 2.45) is 0 Å². The lowest BCUT2D eigenvalue weighted by molar-refractivity contribution is 0.0783. The normalized spacial score (nSPS) is 10.5. The van der Waals surface area contributed by atoms with Crippen LogP contribution in [-0.2, 0) is 13.1 Å². The summed E-state index contributed by atoms with van der Waals surface area (Å²) < 4.78 is 13.2. The summed E-state index contributed by atoms with van der Waals surface area (Å²) in [7, 11) is 1.53. The molecule has 2 aromatic heterocycles. The molecule has 9 nitrogen and oxygen atoms in total. The number of carbonyl (C=O) groups is 2. The highest BCUT2D eigenvalue weighted by Gasteiger charge is 2.18. The summed E-state index contributed by atoms with van der Waals surface area (Å²) in [6.45, 7) is 0.287. The Morgan fingerprint density at radius 2 is 2.13 bits per heavy atom. The number of carbonyl (C=O) groups excluding carboxylic acids is 2. The number of urea groups is 1. The van der Waals surface area contributed by atoms with Gasteiger partial charge in [-0.25, -0.2) is 19.3 Å². The van der Waals surface area contributed by atoms with Crippen molar-refractivity contribution in [2.45, 2.75) is 13.1 Å². The fraction of sp³-hybridized carbons (Fsp3) is 0.167. The van der Waals surface area contributed by atoms with Crippen molar-refractivity contribution in [3.63, 3.8) is 0 Å². The van der Waals surface area contributed by atoms with Gasteiger partial charge < -0.3 is 10.2 Å². The third-order valence-corrected chi connectivity index (χ3v) is 4.95.